The molecule has 2 heterocycles. The second kappa shape index (κ2) is 10.5. The van der Waals surface area contributed by atoms with Gasteiger partial charge in [0.25, 0.3) is 0 Å². The lowest BCUT2D eigenvalue weighted by Crippen LogP contribution is -2.31. The first-order valence-electron chi connectivity index (χ1n) is 12.9. The predicted octanol–water partition coefficient (Wildman–Crippen LogP) is 5.45. The predicted molar refractivity (Wildman–Crippen MR) is 141 cm³/mol. The van der Waals surface area contributed by atoms with Crippen molar-refractivity contribution in [3.8, 4) is 0 Å². The minimum atomic E-state index is -0.154. The molecule has 0 spiro atoms. The van der Waals surface area contributed by atoms with E-state index >= 15 is 0 Å². The first-order chi connectivity index (χ1) is 17.1. The molecule has 6 heteroatoms. The zero-order valence-electron chi connectivity index (χ0n) is 20.5. The van der Waals surface area contributed by atoms with Crippen LogP contribution < -0.4 is 15.5 Å². The van der Waals surface area contributed by atoms with Gasteiger partial charge in [0.2, 0.25) is 11.8 Å². The van der Waals surface area contributed by atoms with Crippen molar-refractivity contribution in [2.75, 3.05) is 23.3 Å². The normalized spacial score (nSPS) is 17.6. The Balaban J connectivity index is 1.17. The van der Waals surface area contributed by atoms with Gasteiger partial charge in [-0.15, -0.1) is 0 Å². The molecule has 2 aliphatic rings. The van der Waals surface area contributed by atoms with E-state index in [0.29, 0.717) is 0 Å². The van der Waals surface area contributed by atoms with Gasteiger partial charge in [0, 0.05) is 37.0 Å². The number of hydrogen-bond acceptors (Lipinski definition) is 4. The summed E-state index contributed by atoms with van der Waals surface area (Å²) >= 11 is 0. The number of amides is 2. The van der Waals surface area contributed by atoms with Crippen LogP contribution in [0.15, 0.2) is 48.5 Å². The van der Waals surface area contributed by atoms with Gasteiger partial charge in [-0.2, -0.15) is 0 Å². The summed E-state index contributed by atoms with van der Waals surface area (Å²) in [5.41, 5.74) is 5.35. The third kappa shape index (κ3) is 5.47. The molecule has 182 valence electrons. The Bertz CT molecular complexity index is 1230. The van der Waals surface area contributed by atoms with Crippen LogP contribution in [0.5, 0.6) is 0 Å². The summed E-state index contributed by atoms with van der Waals surface area (Å²) in [5, 5.41) is 7.12. The number of nitrogens with one attached hydrogen (secondary N) is 2. The van der Waals surface area contributed by atoms with E-state index in [0.717, 1.165) is 60.3 Å². The summed E-state index contributed by atoms with van der Waals surface area (Å²) in [6.45, 7) is 4.22. The maximum atomic E-state index is 12.6. The highest BCUT2D eigenvalue weighted by Gasteiger charge is 2.21. The molecule has 2 N–H and O–H groups in total. The molecule has 6 nitrogen and oxygen atoms in total. The van der Waals surface area contributed by atoms with Crippen LogP contribution in [0.25, 0.3) is 10.9 Å². The van der Waals surface area contributed by atoms with Crippen molar-refractivity contribution in [1.29, 1.82) is 0 Å². The monoisotopic (exact) mass is 470 g/mol. The number of rotatable bonds is 6. The Hall–Kier alpha value is -3.41. The van der Waals surface area contributed by atoms with Gasteiger partial charge in [0.1, 0.15) is 5.82 Å². The van der Waals surface area contributed by atoms with Gasteiger partial charge in [-0.05, 0) is 86.4 Å². The van der Waals surface area contributed by atoms with Crippen molar-refractivity contribution in [2.24, 2.45) is 0 Å². The largest absolute Gasteiger partial charge is 0.357 e. The zero-order valence-corrected chi connectivity index (χ0v) is 20.5. The number of aromatic nitrogens is 1. The molecule has 1 aliphatic carbocycles. The van der Waals surface area contributed by atoms with Crippen LogP contribution in [0.1, 0.15) is 67.7 Å². The fourth-order valence-electron chi connectivity index (χ4n) is 5.36. The Morgan fingerprint density at radius 1 is 0.971 bits per heavy atom. The summed E-state index contributed by atoms with van der Waals surface area (Å²) < 4.78 is 0. The van der Waals surface area contributed by atoms with Gasteiger partial charge in [0.15, 0.2) is 0 Å². The summed E-state index contributed by atoms with van der Waals surface area (Å²) in [6, 6.07) is 16.3. The molecular weight excluding hydrogens is 436 g/mol. The highest BCUT2D eigenvalue weighted by Crippen LogP contribution is 2.30. The van der Waals surface area contributed by atoms with Crippen LogP contribution in [0.2, 0.25) is 0 Å². The van der Waals surface area contributed by atoms with Gasteiger partial charge in [-0.3, -0.25) is 9.59 Å². The molecular formula is C29H34N4O2. The molecule has 2 amide bonds. The van der Waals surface area contributed by atoms with Crippen LogP contribution in [-0.4, -0.2) is 29.9 Å². The molecule has 1 unspecified atom stereocenters. The second-order valence-corrected chi connectivity index (χ2v) is 9.84. The average molecular weight is 471 g/mol. The van der Waals surface area contributed by atoms with Gasteiger partial charge < -0.3 is 15.5 Å². The van der Waals surface area contributed by atoms with E-state index in [-0.39, 0.29) is 30.7 Å². The van der Waals surface area contributed by atoms with E-state index in [1.165, 1.54) is 30.4 Å². The maximum absolute atomic E-state index is 12.6. The third-order valence-electron chi connectivity index (χ3n) is 7.25. The van der Waals surface area contributed by atoms with E-state index in [4.69, 9.17) is 4.98 Å². The van der Waals surface area contributed by atoms with Crippen LogP contribution in [-0.2, 0) is 16.0 Å². The van der Waals surface area contributed by atoms with Crippen LogP contribution >= 0.6 is 0 Å². The van der Waals surface area contributed by atoms with Crippen molar-refractivity contribution in [3.05, 3.63) is 65.2 Å². The smallest absolute Gasteiger partial charge is 0.224 e. The van der Waals surface area contributed by atoms with E-state index < -0.39 is 0 Å². The lowest BCUT2D eigenvalue weighted by molar-refractivity contribution is -0.125. The molecule has 1 aliphatic heterocycles. The molecule has 5 rings (SSSR count). The number of anilines is 2. The first-order valence-corrected chi connectivity index (χ1v) is 12.9. The SMILES string of the molecule is Cc1cc(N2CCCCC2)nc2ccc(NC(=O)CCC(=O)NC3CCCc4ccccc43)cc12. The van der Waals surface area contributed by atoms with E-state index in [1.54, 1.807) is 0 Å². The summed E-state index contributed by atoms with van der Waals surface area (Å²) in [5.74, 6) is 0.808. The van der Waals surface area contributed by atoms with Crippen LogP contribution in [0, 0.1) is 6.92 Å². The molecule has 0 saturated carbocycles. The molecule has 1 saturated heterocycles. The molecule has 0 radical (unpaired) electrons. The molecule has 2 aromatic carbocycles. The maximum Gasteiger partial charge on any atom is 0.224 e. The number of carbonyl (C=O) groups is 2. The fourth-order valence-corrected chi connectivity index (χ4v) is 5.36. The van der Waals surface area contributed by atoms with Crippen molar-refractivity contribution in [2.45, 2.75) is 64.3 Å². The van der Waals surface area contributed by atoms with E-state index in [2.05, 4.69) is 40.7 Å². The molecule has 1 atom stereocenters. The number of hydrogen-bond donors (Lipinski definition) is 2. The quantitative estimate of drug-likeness (QED) is 0.503. The third-order valence-corrected chi connectivity index (χ3v) is 7.25. The van der Waals surface area contributed by atoms with Crippen molar-refractivity contribution in [3.63, 3.8) is 0 Å². The lowest BCUT2D eigenvalue weighted by Gasteiger charge is -2.28. The van der Waals surface area contributed by atoms with Gasteiger partial charge in [-0.1, -0.05) is 24.3 Å². The molecule has 1 fully saturated rings. The fraction of sp³-hybridized carbons (Fsp3) is 0.414. The lowest BCUT2D eigenvalue weighted by atomic mass is 9.87. The summed E-state index contributed by atoms with van der Waals surface area (Å²) in [4.78, 5) is 32.4. The number of carbonyl (C=O) groups excluding carboxylic acids is 2. The van der Waals surface area contributed by atoms with Crippen LogP contribution in [0.3, 0.4) is 0 Å². The first kappa shape index (κ1) is 23.3. The molecule has 1 aromatic heterocycles. The standard InChI is InChI=1S/C29H34N4O2/c1-20-18-27(33-16-5-2-6-17-33)31-26-13-12-22(19-24(20)26)30-28(34)14-15-29(35)32-25-11-7-9-21-8-3-4-10-23(21)25/h3-4,8,10,12-13,18-19,25H,2,5-7,9,11,14-17H2,1H3,(H,30,34)(H,32,35). The zero-order chi connectivity index (χ0) is 24.2. The number of benzene rings is 2. The summed E-state index contributed by atoms with van der Waals surface area (Å²) in [7, 11) is 0. The van der Waals surface area contributed by atoms with E-state index in [9.17, 15) is 9.59 Å². The van der Waals surface area contributed by atoms with Gasteiger partial charge >= 0.3 is 0 Å². The highest BCUT2D eigenvalue weighted by molar-refractivity contribution is 5.96. The van der Waals surface area contributed by atoms with Gasteiger partial charge in [0.05, 0.1) is 11.6 Å². The molecule has 35 heavy (non-hydrogen) atoms. The number of fused-ring (bicyclic) bond motifs is 2. The molecule has 3 aromatic rings. The Morgan fingerprint density at radius 3 is 2.63 bits per heavy atom. The minimum absolute atomic E-state index is 0.0429. The Kier molecular flexibility index (Phi) is 6.98. The van der Waals surface area contributed by atoms with Crippen molar-refractivity contribution in [1.82, 2.24) is 10.3 Å². The highest BCUT2D eigenvalue weighted by atomic mass is 16.2. The number of pyridine rings is 1. The van der Waals surface area contributed by atoms with E-state index in [1.807, 2.05) is 30.3 Å². The number of nitrogens with zero attached hydrogens (tertiary/aromatic N) is 2. The minimum Gasteiger partial charge on any atom is -0.357 e. The number of piperidine rings is 1. The average Bonchev–Trinajstić information content (AvgIpc) is 2.88. The van der Waals surface area contributed by atoms with Crippen LogP contribution in [0.4, 0.5) is 11.5 Å². The van der Waals surface area contributed by atoms with Gasteiger partial charge in [-0.25, -0.2) is 4.98 Å². The Labute approximate surface area is 207 Å². The Morgan fingerprint density at radius 2 is 1.77 bits per heavy atom. The topological polar surface area (TPSA) is 74.3 Å². The van der Waals surface area contributed by atoms with Crippen molar-refractivity contribution < 1.29 is 9.59 Å². The van der Waals surface area contributed by atoms with Crippen molar-refractivity contribution >= 4 is 34.2 Å². The molecule has 0 bridgehead atoms. The summed E-state index contributed by atoms with van der Waals surface area (Å²) in [6.07, 6.45) is 7.14. The second-order valence-electron chi connectivity index (χ2n) is 9.84. The number of aryl methyl sites for hydroxylation is 2.